The SMILES string of the molecule is Cc1c(C=O)ccc(C(=O)O)c1C#N. The van der Waals surface area contributed by atoms with E-state index >= 15 is 0 Å². The van der Waals surface area contributed by atoms with E-state index in [1.165, 1.54) is 12.1 Å². The molecule has 14 heavy (non-hydrogen) atoms. The molecular weight excluding hydrogens is 182 g/mol. The Kier molecular flexibility index (Phi) is 2.63. The van der Waals surface area contributed by atoms with Crippen molar-refractivity contribution >= 4 is 12.3 Å². The minimum atomic E-state index is -1.16. The van der Waals surface area contributed by atoms with Gasteiger partial charge in [0.15, 0.2) is 0 Å². The average Bonchev–Trinajstić information content (AvgIpc) is 2.17. The van der Waals surface area contributed by atoms with Crippen LogP contribution in [-0.4, -0.2) is 17.4 Å². The molecule has 1 aromatic carbocycles. The maximum Gasteiger partial charge on any atom is 0.337 e. The largest absolute Gasteiger partial charge is 0.478 e. The first-order chi connectivity index (χ1) is 6.61. The highest BCUT2D eigenvalue weighted by atomic mass is 16.4. The number of aromatic carboxylic acids is 1. The number of carboxylic acid groups (broad SMARTS) is 1. The molecule has 0 saturated carbocycles. The van der Waals surface area contributed by atoms with Crippen LogP contribution in [0.4, 0.5) is 0 Å². The number of hydrogen-bond donors (Lipinski definition) is 1. The van der Waals surface area contributed by atoms with Crippen molar-refractivity contribution in [3.05, 3.63) is 34.4 Å². The van der Waals surface area contributed by atoms with Crippen LogP contribution >= 0.6 is 0 Å². The van der Waals surface area contributed by atoms with Crippen LogP contribution in [0.5, 0.6) is 0 Å². The molecule has 0 heterocycles. The smallest absolute Gasteiger partial charge is 0.337 e. The monoisotopic (exact) mass is 189 g/mol. The predicted octanol–water partition coefficient (Wildman–Crippen LogP) is 1.38. The number of carbonyl (C=O) groups excluding carboxylic acids is 1. The number of nitriles is 1. The van der Waals surface area contributed by atoms with Gasteiger partial charge in [-0.2, -0.15) is 5.26 Å². The van der Waals surface area contributed by atoms with Gasteiger partial charge in [-0.1, -0.05) is 6.07 Å². The van der Waals surface area contributed by atoms with Crippen LogP contribution in [0.2, 0.25) is 0 Å². The van der Waals surface area contributed by atoms with Gasteiger partial charge in [0, 0.05) is 5.56 Å². The van der Waals surface area contributed by atoms with E-state index in [1.54, 1.807) is 13.0 Å². The Morgan fingerprint density at radius 1 is 1.57 bits per heavy atom. The summed E-state index contributed by atoms with van der Waals surface area (Å²) in [6, 6.07) is 4.44. The van der Waals surface area contributed by atoms with E-state index in [1.807, 2.05) is 0 Å². The Bertz CT molecular complexity index is 443. The van der Waals surface area contributed by atoms with E-state index in [-0.39, 0.29) is 11.1 Å². The Morgan fingerprint density at radius 2 is 2.21 bits per heavy atom. The highest BCUT2D eigenvalue weighted by Crippen LogP contribution is 2.16. The lowest BCUT2D eigenvalue weighted by atomic mass is 9.98. The van der Waals surface area contributed by atoms with E-state index in [9.17, 15) is 9.59 Å². The fraction of sp³-hybridized carbons (Fsp3) is 0.100. The summed E-state index contributed by atoms with van der Waals surface area (Å²) in [6.07, 6.45) is 0.599. The normalized spacial score (nSPS) is 9.14. The highest BCUT2D eigenvalue weighted by Gasteiger charge is 2.13. The lowest BCUT2D eigenvalue weighted by Gasteiger charge is -2.03. The van der Waals surface area contributed by atoms with Gasteiger partial charge in [0.1, 0.15) is 12.4 Å². The molecule has 1 aromatic rings. The summed E-state index contributed by atoms with van der Waals surface area (Å²) in [6.45, 7) is 1.55. The molecule has 0 radical (unpaired) electrons. The van der Waals surface area contributed by atoms with E-state index in [4.69, 9.17) is 10.4 Å². The zero-order chi connectivity index (χ0) is 10.7. The van der Waals surface area contributed by atoms with Crippen LogP contribution in [0.25, 0.3) is 0 Å². The van der Waals surface area contributed by atoms with Crippen LogP contribution in [0.3, 0.4) is 0 Å². The van der Waals surface area contributed by atoms with Gasteiger partial charge < -0.3 is 5.11 Å². The summed E-state index contributed by atoms with van der Waals surface area (Å²) < 4.78 is 0. The van der Waals surface area contributed by atoms with Crippen LogP contribution in [0.15, 0.2) is 12.1 Å². The minimum Gasteiger partial charge on any atom is -0.478 e. The summed E-state index contributed by atoms with van der Waals surface area (Å²) >= 11 is 0. The van der Waals surface area contributed by atoms with Crippen molar-refractivity contribution in [2.24, 2.45) is 0 Å². The molecule has 0 atom stereocenters. The molecule has 4 nitrogen and oxygen atoms in total. The fourth-order valence-electron chi connectivity index (χ4n) is 1.18. The van der Waals surface area contributed by atoms with E-state index < -0.39 is 5.97 Å². The summed E-state index contributed by atoms with van der Waals surface area (Å²) in [4.78, 5) is 21.2. The lowest BCUT2D eigenvalue weighted by Crippen LogP contribution is -2.03. The van der Waals surface area contributed by atoms with Gasteiger partial charge >= 0.3 is 5.97 Å². The molecule has 0 saturated heterocycles. The highest BCUT2D eigenvalue weighted by molar-refractivity contribution is 5.93. The number of hydrogen-bond acceptors (Lipinski definition) is 3. The molecule has 1 rings (SSSR count). The molecule has 70 valence electrons. The zero-order valence-corrected chi connectivity index (χ0v) is 7.44. The van der Waals surface area contributed by atoms with Crippen molar-refractivity contribution in [1.29, 1.82) is 5.26 Å². The standard InChI is InChI=1S/C10H7NO3/c1-6-7(5-12)2-3-8(10(13)14)9(6)4-11/h2-3,5H,1H3,(H,13,14). The molecule has 0 unspecified atom stereocenters. The predicted molar refractivity (Wildman–Crippen MR) is 48.2 cm³/mol. The topological polar surface area (TPSA) is 78.2 Å². The van der Waals surface area contributed by atoms with Gasteiger partial charge in [0.25, 0.3) is 0 Å². The molecule has 0 spiro atoms. The number of nitrogens with zero attached hydrogens (tertiary/aromatic N) is 1. The molecule has 4 heteroatoms. The number of aldehydes is 1. The van der Waals surface area contributed by atoms with Crippen LogP contribution in [0.1, 0.15) is 31.8 Å². The first kappa shape index (κ1) is 9.93. The molecule has 0 amide bonds. The molecule has 0 aliphatic carbocycles. The van der Waals surface area contributed by atoms with Gasteiger partial charge in [-0.05, 0) is 18.6 Å². The molecule has 1 N–H and O–H groups in total. The quantitative estimate of drug-likeness (QED) is 0.713. The number of carbonyl (C=O) groups is 2. The first-order valence-corrected chi connectivity index (χ1v) is 3.84. The Morgan fingerprint density at radius 3 is 2.64 bits per heavy atom. The molecular formula is C10H7NO3. The number of carboxylic acids is 1. The molecule has 0 aliphatic rings. The lowest BCUT2D eigenvalue weighted by molar-refractivity contribution is 0.0696. The third kappa shape index (κ3) is 1.48. The molecule has 0 aliphatic heterocycles. The summed E-state index contributed by atoms with van der Waals surface area (Å²) in [5.41, 5.74) is 0.714. The maximum absolute atomic E-state index is 10.7. The Labute approximate surface area is 80.4 Å². The van der Waals surface area contributed by atoms with Crippen molar-refractivity contribution in [2.45, 2.75) is 6.92 Å². The third-order valence-corrected chi connectivity index (χ3v) is 1.98. The van der Waals surface area contributed by atoms with Gasteiger partial charge in [-0.3, -0.25) is 4.79 Å². The number of benzene rings is 1. The van der Waals surface area contributed by atoms with E-state index in [2.05, 4.69) is 0 Å². The van der Waals surface area contributed by atoms with Crippen LogP contribution in [0, 0.1) is 18.3 Å². The second-order valence-corrected chi connectivity index (χ2v) is 2.74. The summed E-state index contributed by atoms with van der Waals surface area (Å²) in [5, 5.41) is 17.5. The third-order valence-electron chi connectivity index (χ3n) is 1.98. The van der Waals surface area contributed by atoms with Gasteiger partial charge in [-0.25, -0.2) is 4.79 Å². The molecule has 0 bridgehead atoms. The zero-order valence-electron chi connectivity index (χ0n) is 7.44. The Balaban J connectivity index is 3.53. The molecule has 0 fully saturated rings. The van der Waals surface area contributed by atoms with E-state index in [0.717, 1.165) is 0 Å². The van der Waals surface area contributed by atoms with Gasteiger partial charge in [-0.15, -0.1) is 0 Å². The van der Waals surface area contributed by atoms with E-state index in [0.29, 0.717) is 17.4 Å². The minimum absolute atomic E-state index is 0.0436. The summed E-state index contributed by atoms with van der Waals surface area (Å²) in [5.74, 6) is -1.16. The maximum atomic E-state index is 10.7. The van der Waals surface area contributed by atoms with Crippen molar-refractivity contribution in [3.8, 4) is 6.07 Å². The number of rotatable bonds is 2. The van der Waals surface area contributed by atoms with Crippen LogP contribution in [-0.2, 0) is 0 Å². The van der Waals surface area contributed by atoms with Gasteiger partial charge in [0.2, 0.25) is 0 Å². The van der Waals surface area contributed by atoms with Crippen molar-refractivity contribution in [3.63, 3.8) is 0 Å². The van der Waals surface area contributed by atoms with Crippen LogP contribution < -0.4 is 0 Å². The fourth-order valence-corrected chi connectivity index (χ4v) is 1.18. The van der Waals surface area contributed by atoms with Crippen molar-refractivity contribution in [2.75, 3.05) is 0 Å². The van der Waals surface area contributed by atoms with Crippen molar-refractivity contribution in [1.82, 2.24) is 0 Å². The van der Waals surface area contributed by atoms with Gasteiger partial charge in [0.05, 0.1) is 11.1 Å². The van der Waals surface area contributed by atoms with Crippen molar-refractivity contribution < 1.29 is 14.7 Å². The average molecular weight is 189 g/mol. The second-order valence-electron chi connectivity index (χ2n) is 2.74. The first-order valence-electron chi connectivity index (χ1n) is 3.84. The second kappa shape index (κ2) is 3.71. The summed E-state index contributed by atoms with van der Waals surface area (Å²) in [7, 11) is 0. The Hall–Kier alpha value is -2.15. The molecule has 0 aromatic heterocycles.